The number of hydrogen-bond donors (Lipinski definition) is 1. The van der Waals surface area contributed by atoms with Gasteiger partial charge in [0.1, 0.15) is 12.4 Å². The van der Waals surface area contributed by atoms with Gasteiger partial charge in [-0.15, -0.1) is 0 Å². The molecule has 5 nitrogen and oxygen atoms in total. The van der Waals surface area contributed by atoms with E-state index in [1.165, 1.54) is 6.07 Å². The van der Waals surface area contributed by atoms with E-state index in [1.54, 1.807) is 25.3 Å². The first-order valence-electron chi connectivity index (χ1n) is 9.29. The zero-order valence-corrected chi connectivity index (χ0v) is 17.4. The number of benzene rings is 2. The zero-order chi connectivity index (χ0) is 19.9. The summed E-state index contributed by atoms with van der Waals surface area (Å²) >= 11 is 3.52. The van der Waals surface area contributed by atoms with Crippen molar-refractivity contribution in [2.45, 2.75) is 26.0 Å². The van der Waals surface area contributed by atoms with Crippen LogP contribution in [0.1, 0.15) is 24.0 Å². The third-order valence-electron chi connectivity index (χ3n) is 4.68. The Morgan fingerprint density at radius 1 is 1.29 bits per heavy atom. The molecule has 1 fully saturated rings. The van der Waals surface area contributed by atoms with Crippen LogP contribution in [0.25, 0.3) is 0 Å². The van der Waals surface area contributed by atoms with E-state index in [0.717, 1.165) is 36.1 Å². The fraction of sp³-hybridized carbons (Fsp3) is 0.381. The minimum atomic E-state index is -0.296. The predicted molar refractivity (Wildman–Crippen MR) is 109 cm³/mol. The maximum Gasteiger partial charge on any atom is 0.222 e. The molecule has 3 rings (SSSR count). The lowest BCUT2D eigenvalue weighted by Crippen LogP contribution is -2.32. The number of halogens is 2. The van der Waals surface area contributed by atoms with Crippen molar-refractivity contribution in [3.63, 3.8) is 0 Å². The van der Waals surface area contributed by atoms with E-state index in [2.05, 4.69) is 21.2 Å². The highest BCUT2D eigenvalue weighted by Crippen LogP contribution is 2.37. The molecule has 0 unspecified atom stereocenters. The van der Waals surface area contributed by atoms with Crippen LogP contribution in [0, 0.1) is 5.82 Å². The molecule has 1 aliphatic rings. The number of likely N-dealkylation sites (tertiary alicyclic amines) is 1. The highest BCUT2D eigenvalue weighted by atomic mass is 79.9. The molecule has 150 valence electrons. The third kappa shape index (κ3) is 5.23. The van der Waals surface area contributed by atoms with Crippen molar-refractivity contribution in [3.05, 3.63) is 57.8 Å². The molecule has 0 aliphatic carbocycles. The molecular formula is C21H24BrFN2O3. The van der Waals surface area contributed by atoms with Gasteiger partial charge in [0.15, 0.2) is 11.5 Å². The van der Waals surface area contributed by atoms with Crippen LogP contribution in [0.4, 0.5) is 4.39 Å². The predicted octanol–water partition coefficient (Wildman–Crippen LogP) is 3.89. The average molecular weight is 451 g/mol. The lowest BCUT2D eigenvalue weighted by molar-refractivity contribution is -0.127. The maximum atomic E-state index is 13.8. The van der Waals surface area contributed by atoms with E-state index in [-0.39, 0.29) is 18.3 Å². The first kappa shape index (κ1) is 20.6. The summed E-state index contributed by atoms with van der Waals surface area (Å²) in [5, 5.41) is 3.35. The minimum absolute atomic E-state index is 0.114. The minimum Gasteiger partial charge on any atom is -0.493 e. The lowest BCUT2D eigenvalue weighted by Gasteiger charge is -2.17. The number of methoxy groups -OCH3 is 1. The van der Waals surface area contributed by atoms with Crippen molar-refractivity contribution in [1.29, 1.82) is 0 Å². The van der Waals surface area contributed by atoms with Crippen LogP contribution in [0.3, 0.4) is 0 Å². The van der Waals surface area contributed by atoms with Gasteiger partial charge in [-0.1, -0.05) is 18.2 Å². The Hall–Kier alpha value is -2.12. The number of nitrogens with zero attached hydrogens (tertiary/aromatic N) is 1. The molecule has 0 atom stereocenters. The Labute approximate surface area is 172 Å². The lowest BCUT2D eigenvalue weighted by atomic mass is 10.2. The van der Waals surface area contributed by atoms with E-state index in [1.807, 2.05) is 17.0 Å². The standard InChI is InChI=1S/C21H24BrFN2O3/c1-27-19-12-15(13-24-8-10-25-9-4-7-20(25)26)11-17(22)21(19)28-14-16-5-2-3-6-18(16)23/h2-3,5-6,11-12,24H,4,7-10,13-14H2,1H3. The Balaban J connectivity index is 1.57. The van der Waals surface area contributed by atoms with Gasteiger partial charge < -0.3 is 19.7 Å². The van der Waals surface area contributed by atoms with Gasteiger partial charge in [0.05, 0.1) is 11.6 Å². The summed E-state index contributed by atoms with van der Waals surface area (Å²) in [5.41, 5.74) is 1.51. The smallest absolute Gasteiger partial charge is 0.222 e. The molecule has 2 aromatic carbocycles. The first-order valence-corrected chi connectivity index (χ1v) is 10.1. The molecule has 1 aliphatic heterocycles. The van der Waals surface area contributed by atoms with E-state index >= 15 is 0 Å². The second-order valence-electron chi connectivity index (χ2n) is 6.65. The molecule has 7 heteroatoms. The summed E-state index contributed by atoms with van der Waals surface area (Å²) < 4.78 is 25.8. The van der Waals surface area contributed by atoms with Crippen LogP contribution in [-0.2, 0) is 17.9 Å². The Bertz CT molecular complexity index is 831. The van der Waals surface area contributed by atoms with E-state index in [0.29, 0.717) is 30.0 Å². The largest absolute Gasteiger partial charge is 0.493 e. The Morgan fingerprint density at radius 3 is 2.82 bits per heavy atom. The fourth-order valence-electron chi connectivity index (χ4n) is 3.17. The summed E-state index contributed by atoms with van der Waals surface area (Å²) in [6.45, 7) is 3.07. The summed E-state index contributed by atoms with van der Waals surface area (Å²) in [5.74, 6) is 1.06. The number of nitrogens with one attached hydrogen (secondary N) is 1. The molecule has 0 bridgehead atoms. The van der Waals surface area contributed by atoms with E-state index in [4.69, 9.17) is 9.47 Å². The maximum absolute atomic E-state index is 13.8. The Kier molecular flexibility index (Phi) is 7.28. The van der Waals surface area contributed by atoms with Crippen molar-refractivity contribution >= 4 is 21.8 Å². The molecule has 1 saturated heterocycles. The summed E-state index contributed by atoms with van der Waals surface area (Å²) in [7, 11) is 1.58. The average Bonchev–Trinajstić information content (AvgIpc) is 3.10. The quantitative estimate of drug-likeness (QED) is 0.588. The van der Waals surface area contributed by atoms with Crippen LogP contribution in [0.2, 0.25) is 0 Å². The first-order chi connectivity index (χ1) is 13.6. The van der Waals surface area contributed by atoms with Gasteiger partial charge in [-0.2, -0.15) is 0 Å². The van der Waals surface area contributed by atoms with Crippen molar-refractivity contribution < 1.29 is 18.7 Å². The van der Waals surface area contributed by atoms with E-state index in [9.17, 15) is 9.18 Å². The summed E-state index contributed by atoms with van der Waals surface area (Å²) in [6.07, 6.45) is 1.62. The molecule has 1 heterocycles. The van der Waals surface area contributed by atoms with Crippen molar-refractivity contribution in [3.8, 4) is 11.5 Å². The van der Waals surface area contributed by atoms with Crippen LogP contribution in [0.15, 0.2) is 40.9 Å². The van der Waals surface area contributed by atoms with E-state index < -0.39 is 0 Å². The van der Waals surface area contributed by atoms with Gasteiger partial charge in [0.2, 0.25) is 5.91 Å². The van der Waals surface area contributed by atoms with Crippen LogP contribution >= 0.6 is 15.9 Å². The second-order valence-corrected chi connectivity index (χ2v) is 7.50. The Morgan fingerprint density at radius 2 is 2.11 bits per heavy atom. The van der Waals surface area contributed by atoms with Gasteiger partial charge in [-0.05, 0) is 46.1 Å². The highest BCUT2D eigenvalue weighted by molar-refractivity contribution is 9.10. The SMILES string of the molecule is COc1cc(CNCCN2CCCC2=O)cc(Br)c1OCc1ccccc1F. The number of carbonyl (C=O) groups is 1. The van der Waals surface area contributed by atoms with Crippen LogP contribution in [-0.4, -0.2) is 37.6 Å². The van der Waals surface area contributed by atoms with Gasteiger partial charge in [0.25, 0.3) is 0 Å². The fourth-order valence-corrected chi connectivity index (χ4v) is 3.77. The number of amides is 1. The monoisotopic (exact) mass is 450 g/mol. The highest BCUT2D eigenvalue weighted by Gasteiger charge is 2.19. The normalized spacial score (nSPS) is 13.8. The topological polar surface area (TPSA) is 50.8 Å². The van der Waals surface area contributed by atoms with Gasteiger partial charge in [0, 0.05) is 38.2 Å². The van der Waals surface area contributed by atoms with Crippen LogP contribution < -0.4 is 14.8 Å². The molecular weight excluding hydrogens is 427 g/mol. The summed E-state index contributed by atoms with van der Waals surface area (Å²) in [4.78, 5) is 13.5. The van der Waals surface area contributed by atoms with Crippen LogP contribution in [0.5, 0.6) is 11.5 Å². The second kappa shape index (κ2) is 9.89. The molecule has 0 aromatic heterocycles. The van der Waals surface area contributed by atoms with Gasteiger partial charge in [-0.25, -0.2) is 4.39 Å². The number of ether oxygens (including phenoxy) is 2. The molecule has 0 saturated carbocycles. The molecule has 28 heavy (non-hydrogen) atoms. The summed E-state index contributed by atoms with van der Waals surface area (Å²) in [6, 6.07) is 10.4. The molecule has 0 spiro atoms. The van der Waals surface area contributed by atoms with Gasteiger partial charge >= 0.3 is 0 Å². The zero-order valence-electron chi connectivity index (χ0n) is 15.8. The number of carbonyl (C=O) groups excluding carboxylic acids is 1. The number of rotatable bonds is 9. The van der Waals surface area contributed by atoms with Crippen molar-refractivity contribution in [2.24, 2.45) is 0 Å². The van der Waals surface area contributed by atoms with Gasteiger partial charge in [-0.3, -0.25) is 4.79 Å². The molecule has 1 amide bonds. The molecule has 2 aromatic rings. The molecule has 1 N–H and O–H groups in total. The number of hydrogen-bond acceptors (Lipinski definition) is 4. The third-order valence-corrected chi connectivity index (χ3v) is 5.27. The van der Waals surface area contributed by atoms with Crippen molar-refractivity contribution in [2.75, 3.05) is 26.7 Å². The molecule has 0 radical (unpaired) electrons. The van der Waals surface area contributed by atoms with Crippen molar-refractivity contribution in [1.82, 2.24) is 10.2 Å².